The summed E-state index contributed by atoms with van der Waals surface area (Å²) in [5.41, 5.74) is 1.88. The van der Waals surface area contributed by atoms with Gasteiger partial charge in [-0.15, -0.1) is 10.2 Å². The number of amides is 1. The Morgan fingerprint density at radius 1 is 1.23 bits per heavy atom. The minimum absolute atomic E-state index is 0.00407. The number of thioether (sulfide) groups is 1. The van der Waals surface area contributed by atoms with Crippen molar-refractivity contribution in [3.8, 4) is 0 Å². The molecule has 0 unspecified atom stereocenters. The van der Waals surface area contributed by atoms with Crippen LogP contribution < -0.4 is 5.32 Å². The Morgan fingerprint density at radius 3 is 2.62 bits per heavy atom. The number of aromatic nitrogens is 3. The molecule has 1 aromatic heterocycles. The number of nitrogens with zero attached hydrogens (tertiary/aromatic N) is 3. The Labute approximate surface area is 157 Å². The lowest BCUT2D eigenvalue weighted by Crippen LogP contribution is -2.21. The molecule has 138 valence electrons. The molecule has 1 heterocycles. The van der Waals surface area contributed by atoms with E-state index in [0.717, 1.165) is 23.8 Å². The highest BCUT2D eigenvalue weighted by Gasteiger charge is 2.29. The first-order valence-electron chi connectivity index (χ1n) is 8.93. The number of carbonyl (C=O) groups is 2. The number of benzene rings is 1. The van der Waals surface area contributed by atoms with Gasteiger partial charge in [-0.25, -0.2) is 0 Å². The molecule has 1 saturated carbocycles. The van der Waals surface area contributed by atoms with Crippen molar-refractivity contribution in [3.05, 3.63) is 41.2 Å². The molecular weight excluding hydrogens is 348 g/mol. The van der Waals surface area contributed by atoms with Crippen LogP contribution in [-0.4, -0.2) is 38.8 Å². The van der Waals surface area contributed by atoms with Crippen LogP contribution in [0.4, 0.5) is 0 Å². The van der Waals surface area contributed by atoms with Gasteiger partial charge in [-0.3, -0.25) is 9.59 Å². The van der Waals surface area contributed by atoms with E-state index in [4.69, 9.17) is 0 Å². The number of nitrogens with one attached hydrogen (secondary N) is 1. The van der Waals surface area contributed by atoms with Crippen LogP contribution in [0.25, 0.3) is 0 Å². The van der Waals surface area contributed by atoms with Crippen molar-refractivity contribution in [2.45, 2.75) is 43.7 Å². The second-order valence-corrected chi connectivity index (χ2v) is 7.61. The minimum Gasteiger partial charge on any atom is -0.356 e. The van der Waals surface area contributed by atoms with Crippen LogP contribution in [0.5, 0.6) is 0 Å². The van der Waals surface area contributed by atoms with Gasteiger partial charge in [0.1, 0.15) is 5.82 Å². The van der Waals surface area contributed by atoms with Gasteiger partial charge in [0.2, 0.25) is 5.91 Å². The van der Waals surface area contributed by atoms with Crippen molar-refractivity contribution in [1.82, 2.24) is 20.1 Å². The van der Waals surface area contributed by atoms with Gasteiger partial charge < -0.3 is 9.88 Å². The predicted octanol–water partition coefficient (Wildman–Crippen LogP) is 2.74. The number of hydrogen-bond donors (Lipinski definition) is 1. The lowest BCUT2D eigenvalue weighted by molar-refractivity contribution is -0.118. The summed E-state index contributed by atoms with van der Waals surface area (Å²) in [6.45, 7) is 2.19. The van der Waals surface area contributed by atoms with Crippen molar-refractivity contribution >= 4 is 23.5 Å². The lowest BCUT2D eigenvalue weighted by atomic mass is 10.1. The minimum atomic E-state index is -0.00407. The van der Waals surface area contributed by atoms with Gasteiger partial charge in [0.15, 0.2) is 10.9 Å². The molecule has 0 bridgehead atoms. The van der Waals surface area contributed by atoms with Crippen LogP contribution in [0.1, 0.15) is 53.8 Å². The summed E-state index contributed by atoms with van der Waals surface area (Å²) in [7, 11) is 1.97. The average Bonchev–Trinajstić information content (AvgIpc) is 3.40. The smallest absolute Gasteiger partial charge is 0.216 e. The van der Waals surface area contributed by atoms with Gasteiger partial charge in [-0.2, -0.15) is 0 Å². The largest absolute Gasteiger partial charge is 0.356 e. The highest BCUT2D eigenvalue weighted by atomic mass is 32.2. The van der Waals surface area contributed by atoms with Crippen molar-refractivity contribution in [1.29, 1.82) is 0 Å². The highest BCUT2D eigenvalue weighted by molar-refractivity contribution is 7.99. The van der Waals surface area contributed by atoms with Crippen LogP contribution in [0, 0.1) is 0 Å². The van der Waals surface area contributed by atoms with E-state index in [0.29, 0.717) is 23.8 Å². The molecule has 1 aromatic carbocycles. The van der Waals surface area contributed by atoms with E-state index in [1.165, 1.54) is 37.1 Å². The zero-order valence-corrected chi connectivity index (χ0v) is 16.0. The standard InChI is InChI=1S/C19H24N4O2S/c1-13(24)20-11-3-4-14-5-7-15(8-6-14)17(25)12-26-19-22-21-18(23(19)2)16-9-10-16/h5-8,16H,3-4,9-12H2,1-2H3,(H,20,24). The number of ketones is 1. The molecular formula is C19H24N4O2S. The maximum atomic E-state index is 12.4. The number of aryl methyl sites for hydroxylation is 1. The number of carbonyl (C=O) groups excluding carboxylic acids is 2. The molecule has 1 fully saturated rings. The topological polar surface area (TPSA) is 76.9 Å². The van der Waals surface area contributed by atoms with E-state index in [1.54, 1.807) is 0 Å². The van der Waals surface area contributed by atoms with Crippen molar-refractivity contribution in [3.63, 3.8) is 0 Å². The van der Waals surface area contributed by atoms with Crippen LogP contribution in [0.2, 0.25) is 0 Å². The lowest BCUT2D eigenvalue weighted by Gasteiger charge is -2.05. The van der Waals surface area contributed by atoms with Crippen molar-refractivity contribution in [2.24, 2.45) is 7.05 Å². The van der Waals surface area contributed by atoms with Gasteiger partial charge in [0, 0.05) is 32.0 Å². The van der Waals surface area contributed by atoms with E-state index in [1.807, 2.05) is 35.9 Å². The molecule has 1 aliphatic rings. The van der Waals surface area contributed by atoms with Gasteiger partial charge in [0.05, 0.1) is 5.75 Å². The Morgan fingerprint density at radius 2 is 1.96 bits per heavy atom. The SMILES string of the molecule is CC(=O)NCCCc1ccc(C(=O)CSc2nnc(C3CC3)n2C)cc1. The fraction of sp³-hybridized carbons (Fsp3) is 0.474. The molecule has 0 aliphatic heterocycles. The number of Topliss-reactive ketones (excluding diaryl/α,β-unsaturated/α-hetero) is 1. The molecule has 1 N–H and O–H groups in total. The van der Waals surface area contributed by atoms with Crippen molar-refractivity contribution < 1.29 is 9.59 Å². The first kappa shape index (κ1) is 18.6. The molecule has 7 heteroatoms. The second-order valence-electron chi connectivity index (χ2n) is 6.67. The summed E-state index contributed by atoms with van der Waals surface area (Å²) in [5.74, 6) is 2.03. The van der Waals surface area contributed by atoms with E-state index < -0.39 is 0 Å². The van der Waals surface area contributed by atoms with Crippen LogP contribution in [0.3, 0.4) is 0 Å². The fourth-order valence-corrected chi connectivity index (χ4v) is 3.59. The zero-order chi connectivity index (χ0) is 18.5. The molecule has 26 heavy (non-hydrogen) atoms. The molecule has 1 aliphatic carbocycles. The quantitative estimate of drug-likeness (QED) is 0.416. The van der Waals surface area contributed by atoms with E-state index >= 15 is 0 Å². The normalized spacial score (nSPS) is 13.6. The third-order valence-electron chi connectivity index (χ3n) is 4.44. The molecule has 6 nitrogen and oxygen atoms in total. The molecule has 3 rings (SSSR count). The molecule has 2 aromatic rings. The summed E-state index contributed by atoms with van der Waals surface area (Å²) < 4.78 is 2.01. The van der Waals surface area contributed by atoms with Crippen LogP contribution >= 0.6 is 11.8 Å². The van der Waals surface area contributed by atoms with Crippen LogP contribution in [0.15, 0.2) is 29.4 Å². The Hall–Kier alpha value is -2.15. The Bertz CT molecular complexity index is 781. The third kappa shape index (κ3) is 4.94. The third-order valence-corrected chi connectivity index (χ3v) is 5.46. The molecule has 0 saturated heterocycles. The zero-order valence-electron chi connectivity index (χ0n) is 15.2. The summed E-state index contributed by atoms with van der Waals surface area (Å²) >= 11 is 1.44. The molecule has 0 atom stereocenters. The first-order valence-corrected chi connectivity index (χ1v) is 9.92. The summed E-state index contributed by atoms with van der Waals surface area (Å²) in [6.07, 6.45) is 4.14. The maximum absolute atomic E-state index is 12.4. The summed E-state index contributed by atoms with van der Waals surface area (Å²) in [4.78, 5) is 23.2. The predicted molar refractivity (Wildman–Crippen MR) is 101 cm³/mol. The molecule has 0 radical (unpaired) electrons. The highest BCUT2D eigenvalue weighted by Crippen LogP contribution is 2.39. The van der Waals surface area contributed by atoms with E-state index in [2.05, 4.69) is 15.5 Å². The average molecular weight is 372 g/mol. The Kier molecular flexibility index (Phi) is 6.08. The Balaban J connectivity index is 1.48. The van der Waals surface area contributed by atoms with E-state index in [-0.39, 0.29) is 11.7 Å². The van der Waals surface area contributed by atoms with Gasteiger partial charge in [-0.05, 0) is 31.2 Å². The van der Waals surface area contributed by atoms with Crippen molar-refractivity contribution in [2.75, 3.05) is 12.3 Å². The van der Waals surface area contributed by atoms with Gasteiger partial charge in [0.25, 0.3) is 0 Å². The molecule has 0 spiro atoms. The second kappa shape index (κ2) is 8.49. The van der Waals surface area contributed by atoms with Gasteiger partial charge in [-0.1, -0.05) is 36.0 Å². The summed E-state index contributed by atoms with van der Waals surface area (Å²) in [5, 5.41) is 12.0. The summed E-state index contributed by atoms with van der Waals surface area (Å²) in [6, 6.07) is 7.73. The van der Waals surface area contributed by atoms with Gasteiger partial charge >= 0.3 is 0 Å². The molecule has 1 amide bonds. The monoisotopic (exact) mass is 372 g/mol. The number of hydrogen-bond acceptors (Lipinski definition) is 5. The number of rotatable bonds is 9. The van der Waals surface area contributed by atoms with E-state index in [9.17, 15) is 9.59 Å². The van der Waals surface area contributed by atoms with Crippen LogP contribution in [-0.2, 0) is 18.3 Å². The fourth-order valence-electron chi connectivity index (χ4n) is 2.78. The first-order chi connectivity index (χ1) is 12.5. The maximum Gasteiger partial charge on any atom is 0.216 e.